The summed E-state index contributed by atoms with van der Waals surface area (Å²) >= 11 is 0. The topological polar surface area (TPSA) is 17.1 Å². The molecule has 78 valence electrons. The van der Waals surface area contributed by atoms with Crippen molar-refractivity contribution < 1.29 is 4.79 Å². The first-order valence-electron chi connectivity index (χ1n) is 5.48. The van der Waals surface area contributed by atoms with Crippen LogP contribution in [0.4, 0.5) is 0 Å². The second-order valence-electron chi connectivity index (χ2n) is 4.32. The summed E-state index contributed by atoms with van der Waals surface area (Å²) in [6, 6.07) is 8.28. The van der Waals surface area contributed by atoms with Crippen LogP contribution in [0.3, 0.4) is 0 Å². The molecule has 0 aliphatic heterocycles. The molecule has 1 aromatic rings. The van der Waals surface area contributed by atoms with Crippen LogP contribution in [-0.4, -0.2) is 6.29 Å². The van der Waals surface area contributed by atoms with Crippen molar-refractivity contribution in [2.24, 2.45) is 0 Å². The molecule has 0 saturated heterocycles. The van der Waals surface area contributed by atoms with E-state index in [1.54, 1.807) is 0 Å². The number of hydrogen-bond donors (Lipinski definition) is 0. The van der Waals surface area contributed by atoms with Crippen LogP contribution in [0.5, 0.6) is 0 Å². The summed E-state index contributed by atoms with van der Waals surface area (Å²) in [4.78, 5) is 11.3. The molecule has 0 N–H and O–H groups in total. The van der Waals surface area contributed by atoms with Gasteiger partial charge in [0.1, 0.15) is 6.29 Å². The Hall–Kier alpha value is -1.37. The van der Waals surface area contributed by atoms with Crippen molar-refractivity contribution >= 4 is 6.29 Å². The van der Waals surface area contributed by atoms with E-state index in [9.17, 15) is 4.79 Å². The number of carbonyl (C=O) groups excluding carboxylic acids is 1. The van der Waals surface area contributed by atoms with Gasteiger partial charge in [-0.15, -0.1) is 0 Å². The van der Waals surface area contributed by atoms with E-state index in [0.717, 1.165) is 31.1 Å². The molecule has 0 saturated carbocycles. The number of aldehydes is 1. The Labute approximate surface area is 90.8 Å². The lowest BCUT2D eigenvalue weighted by Crippen LogP contribution is -2.27. The molecule has 2 rings (SSSR count). The highest BCUT2D eigenvalue weighted by molar-refractivity contribution is 5.72. The van der Waals surface area contributed by atoms with E-state index in [4.69, 9.17) is 0 Å². The Morgan fingerprint density at radius 1 is 1.27 bits per heavy atom. The Kier molecular flexibility index (Phi) is 2.72. The average Bonchev–Trinajstić information content (AvgIpc) is 2.31. The van der Waals surface area contributed by atoms with Gasteiger partial charge in [-0.05, 0) is 31.7 Å². The van der Waals surface area contributed by atoms with Crippen LogP contribution in [0.25, 0.3) is 0 Å². The van der Waals surface area contributed by atoms with Crippen molar-refractivity contribution in [2.75, 3.05) is 0 Å². The summed E-state index contributed by atoms with van der Waals surface area (Å²) in [5, 5.41) is 0. The van der Waals surface area contributed by atoms with Gasteiger partial charge >= 0.3 is 0 Å². The fourth-order valence-corrected chi connectivity index (χ4v) is 2.16. The Morgan fingerprint density at radius 3 is 2.53 bits per heavy atom. The number of aryl methyl sites for hydroxylation is 1. The second-order valence-corrected chi connectivity index (χ2v) is 4.32. The summed E-state index contributed by atoms with van der Waals surface area (Å²) < 4.78 is 0. The van der Waals surface area contributed by atoms with Crippen LogP contribution in [-0.2, 0) is 10.2 Å². The van der Waals surface area contributed by atoms with Gasteiger partial charge in [0.15, 0.2) is 0 Å². The van der Waals surface area contributed by atoms with Crippen molar-refractivity contribution in [3.05, 3.63) is 47.5 Å². The van der Waals surface area contributed by atoms with Gasteiger partial charge in [0, 0.05) is 0 Å². The molecular weight excluding hydrogens is 184 g/mol. The van der Waals surface area contributed by atoms with Crippen molar-refractivity contribution in [3.63, 3.8) is 0 Å². The Balaban J connectivity index is 2.41. The summed E-state index contributed by atoms with van der Waals surface area (Å²) in [5.41, 5.74) is 2.00. The van der Waals surface area contributed by atoms with Gasteiger partial charge < -0.3 is 4.79 Å². The summed E-state index contributed by atoms with van der Waals surface area (Å²) in [6.07, 6.45) is 8.42. The van der Waals surface area contributed by atoms with Crippen molar-refractivity contribution in [1.29, 1.82) is 0 Å². The molecule has 1 nitrogen and oxygen atoms in total. The monoisotopic (exact) mass is 200 g/mol. The lowest BCUT2D eigenvalue weighted by atomic mass is 9.74. The lowest BCUT2D eigenvalue weighted by molar-refractivity contribution is -0.111. The van der Waals surface area contributed by atoms with Crippen LogP contribution in [0.15, 0.2) is 36.4 Å². The molecule has 0 aromatic heterocycles. The number of rotatable bonds is 2. The van der Waals surface area contributed by atoms with Gasteiger partial charge in [-0.3, -0.25) is 0 Å². The normalized spacial score (nSPS) is 25.1. The molecule has 15 heavy (non-hydrogen) atoms. The van der Waals surface area contributed by atoms with Gasteiger partial charge in [-0.25, -0.2) is 0 Å². The fraction of sp³-hybridized carbons (Fsp3) is 0.357. The number of allylic oxidation sites excluding steroid dienone is 2. The second kappa shape index (κ2) is 4.01. The standard InChI is InChI=1S/C14H16O/c1-12-5-7-13(8-6-12)14(11-15)9-3-2-4-10-14/h3,5-9,11H,2,4,10H2,1H3. The fourth-order valence-electron chi connectivity index (χ4n) is 2.16. The molecule has 0 radical (unpaired) electrons. The zero-order chi connectivity index (χ0) is 10.7. The zero-order valence-corrected chi connectivity index (χ0v) is 9.07. The smallest absolute Gasteiger partial charge is 0.134 e. The third kappa shape index (κ3) is 1.87. The van der Waals surface area contributed by atoms with E-state index in [1.165, 1.54) is 5.56 Å². The zero-order valence-electron chi connectivity index (χ0n) is 9.07. The minimum Gasteiger partial charge on any atom is -0.302 e. The Bertz CT molecular complexity index is 375. The quantitative estimate of drug-likeness (QED) is 0.529. The summed E-state index contributed by atoms with van der Waals surface area (Å²) in [7, 11) is 0. The molecule has 1 aromatic carbocycles. The van der Waals surface area contributed by atoms with E-state index < -0.39 is 0 Å². The maximum absolute atomic E-state index is 11.3. The van der Waals surface area contributed by atoms with Gasteiger partial charge in [-0.1, -0.05) is 42.0 Å². The lowest BCUT2D eigenvalue weighted by Gasteiger charge is -2.27. The van der Waals surface area contributed by atoms with E-state index in [0.29, 0.717) is 0 Å². The molecule has 0 fully saturated rings. The molecule has 1 unspecified atom stereocenters. The van der Waals surface area contributed by atoms with Crippen molar-refractivity contribution in [1.82, 2.24) is 0 Å². The third-order valence-corrected chi connectivity index (χ3v) is 3.18. The SMILES string of the molecule is Cc1ccc(C2(C=O)C=CCCC2)cc1. The van der Waals surface area contributed by atoms with Gasteiger partial charge in [0.25, 0.3) is 0 Å². The molecule has 1 atom stereocenters. The molecule has 0 amide bonds. The summed E-state index contributed by atoms with van der Waals surface area (Å²) in [5.74, 6) is 0. The van der Waals surface area contributed by atoms with Crippen LogP contribution in [0, 0.1) is 6.92 Å². The number of hydrogen-bond acceptors (Lipinski definition) is 1. The maximum atomic E-state index is 11.3. The third-order valence-electron chi connectivity index (χ3n) is 3.18. The Morgan fingerprint density at radius 2 is 2.00 bits per heavy atom. The largest absolute Gasteiger partial charge is 0.302 e. The number of benzene rings is 1. The molecule has 1 heteroatoms. The molecule has 0 bridgehead atoms. The van der Waals surface area contributed by atoms with Gasteiger partial charge in [-0.2, -0.15) is 0 Å². The van der Waals surface area contributed by atoms with E-state index >= 15 is 0 Å². The number of carbonyl (C=O) groups is 1. The predicted octanol–water partition coefficient (Wildman–Crippen LogP) is 3.17. The van der Waals surface area contributed by atoms with E-state index in [1.807, 2.05) is 0 Å². The highest BCUT2D eigenvalue weighted by Crippen LogP contribution is 2.33. The van der Waals surface area contributed by atoms with Crippen LogP contribution in [0.2, 0.25) is 0 Å². The minimum atomic E-state index is -0.355. The molecular formula is C14H16O. The first kappa shape index (κ1) is 10.2. The molecule has 1 aliphatic rings. The molecule has 1 aliphatic carbocycles. The molecule has 0 spiro atoms. The average molecular weight is 200 g/mol. The van der Waals surface area contributed by atoms with Crippen molar-refractivity contribution in [3.8, 4) is 0 Å². The highest BCUT2D eigenvalue weighted by Gasteiger charge is 2.29. The van der Waals surface area contributed by atoms with E-state index in [-0.39, 0.29) is 5.41 Å². The van der Waals surface area contributed by atoms with Crippen molar-refractivity contribution in [2.45, 2.75) is 31.6 Å². The first-order chi connectivity index (χ1) is 7.27. The van der Waals surface area contributed by atoms with Gasteiger partial charge in [0.2, 0.25) is 0 Å². The molecule has 0 heterocycles. The van der Waals surface area contributed by atoms with Crippen LogP contribution < -0.4 is 0 Å². The van der Waals surface area contributed by atoms with Gasteiger partial charge in [0.05, 0.1) is 5.41 Å². The highest BCUT2D eigenvalue weighted by atomic mass is 16.1. The van der Waals surface area contributed by atoms with Crippen LogP contribution in [0.1, 0.15) is 30.4 Å². The van der Waals surface area contributed by atoms with Crippen LogP contribution >= 0.6 is 0 Å². The first-order valence-corrected chi connectivity index (χ1v) is 5.48. The maximum Gasteiger partial charge on any atom is 0.134 e. The van der Waals surface area contributed by atoms with E-state index in [2.05, 4.69) is 43.3 Å². The predicted molar refractivity (Wildman–Crippen MR) is 61.9 cm³/mol. The minimum absolute atomic E-state index is 0.355. The summed E-state index contributed by atoms with van der Waals surface area (Å²) in [6.45, 7) is 2.06.